The summed E-state index contributed by atoms with van der Waals surface area (Å²) in [7, 11) is 3.03. The number of carbonyl (C=O) groups excluding carboxylic acids is 6. The predicted octanol–water partition coefficient (Wildman–Crippen LogP) is -0.785. The molecular formula is C27H31N3O8. The highest BCUT2D eigenvalue weighted by Gasteiger charge is 2.69. The summed E-state index contributed by atoms with van der Waals surface area (Å²) in [6.45, 7) is 5.93. The van der Waals surface area contributed by atoms with Gasteiger partial charge in [-0.15, -0.1) is 0 Å². The van der Waals surface area contributed by atoms with E-state index in [1.54, 1.807) is 6.92 Å². The van der Waals surface area contributed by atoms with Crippen LogP contribution in [-0.2, 0) is 25.6 Å². The number of nitrogens with one attached hydrogen (secondary N) is 1. The first-order valence-electron chi connectivity index (χ1n) is 12.3. The number of phenolic OH excluding ortho intramolecular Hbond substituents is 1. The molecule has 0 aromatic heterocycles. The molecule has 11 heteroatoms. The monoisotopic (exact) mass is 525 g/mol. The summed E-state index contributed by atoms with van der Waals surface area (Å²) in [6.07, 6.45) is -0.0527. The number of nitrogens with zero attached hydrogens (tertiary/aromatic N) is 1. The molecule has 0 spiro atoms. The predicted molar refractivity (Wildman–Crippen MR) is 133 cm³/mol. The van der Waals surface area contributed by atoms with Crippen LogP contribution in [0.4, 0.5) is 0 Å². The minimum atomic E-state index is -2.79. The van der Waals surface area contributed by atoms with Gasteiger partial charge in [0, 0.05) is 18.0 Å². The Balaban J connectivity index is 1.79. The van der Waals surface area contributed by atoms with Gasteiger partial charge in [-0.05, 0) is 57.5 Å². The van der Waals surface area contributed by atoms with Gasteiger partial charge in [-0.2, -0.15) is 0 Å². The normalized spacial score (nSPS) is 30.5. The summed E-state index contributed by atoms with van der Waals surface area (Å²) in [6, 6.07) is 1.43. The number of amides is 1. The number of ketones is 5. The van der Waals surface area contributed by atoms with E-state index in [-0.39, 0.29) is 41.9 Å². The van der Waals surface area contributed by atoms with Crippen molar-refractivity contribution in [3.05, 3.63) is 41.0 Å². The van der Waals surface area contributed by atoms with Gasteiger partial charge in [-0.1, -0.05) is 12.2 Å². The number of fused-ring (bicyclic) bond motifs is 3. The Labute approximate surface area is 219 Å². The molecule has 1 amide bonds. The van der Waals surface area contributed by atoms with E-state index in [9.17, 15) is 39.0 Å². The topological polar surface area (TPSA) is 184 Å². The first-order chi connectivity index (χ1) is 17.7. The number of phenols is 1. The van der Waals surface area contributed by atoms with E-state index in [2.05, 4.69) is 11.9 Å². The number of rotatable bonds is 7. The van der Waals surface area contributed by atoms with Crippen LogP contribution in [0.25, 0.3) is 0 Å². The Hall–Kier alpha value is -3.54. The Kier molecular flexibility index (Phi) is 6.98. The highest BCUT2D eigenvalue weighted by molar-refractivity contribution is 6.32. The van der Waals surface area contributed by atoms with E-state index in [1.165, 1.54) is 31.1 Å². The lowest BCUT2D eigenvalue weighted by atomic mass is 9.52. The van der Waals surface area contributed by atoms with Gasteiger partial charge in [0.1, 0.15) is 5.75 Å². The van der Waals surface area contributed by atoms with Crippen molar-refractivity contribution in [1.29, 1.82) is 0 Å². The number of primary amides is 1. The van der Waals surface area contributed by atoms with E-state index < -0.39 is 70.1 Å². The van der Waals surface area contributed by atoms with Crippen LogP contribution in [0, 0.1) is 23.7 Å². The van der Waals surface area contributed by atoms with Crippen LogP contribution in [0.15, 0.2) is 24.3 Å². The molecule has 0 radical (unpaired) electrons. The lowest BCUT2D eigenvalue weighted by molar-refractivity contribution is -0.181. The fraction of sp³-hybridized carbons (Fsp3) is 0.481. The van der Waals surface area contributed by atoms with Crippen molar-refractivity contribution in [2.45, 2.75) is 31.4 Å². The molecule has 2 fully saturated rings. The van der Waals surface area contributed by atoms with Gasteiger partial charge < -0.3 is 21.3 Å². The van der Waals surface area contributed by atoms with Crippen LogP contribution < -0.4 is 11.1 Å². The van der Waals surface area contributed by atoms with Gasteiger partial charge in [0.2, 0.25) is 5.91 Å². The quantitative estimate of drug-likeness (QED) is 0.200. The summed E-state index contributed by atoms with van der Waals surface area (Å²) < 4.78 is 0. The van der Waals surface area contributed by atoms with Crippen molar-refractivity contribution in [2.24, 2.45) is 29.4 Å². The smallest absolute Gasteiger partial charge is 0.235 e. The van der Waals surface area contributed by atoms with E-state index in [0.717, 1.165) is 5.57 Å². The minimum Gasteiger partial charge on any atom is -0.507 e. The molecule has 5 N–H and O–H groups in total. The first-order valence-corrected chi connectivity index (χ1v) is 12.3. The maximum absolute atomic E-state index is 13.8. The van der Waals surface area contributed by atoms with Crippen molar-refractivity contribution in [3.8, 4) is 5.75 Å². The minimum absolute atomic E-state index is 0.0296. The third kappa shape index (κ3) is 4.01. The number of benzene rings is 1. The van der Waals surface area contributed by atoms with Crippen LogP contribution in [0.5, 0.6) is 5.75 Å². The van der Waals surface area contributed by atoms with Gasteiger partial charge in [-0.25, -0.2) is 0 Å². The van der Waals surface area contributed by atoms with Crippen molar-refractivity contribution < 1.29 is 39.0 Å². The molecule has 0 aliphatic heterocycles. The second-order valence-corrected chi connectivity index (χ2v) is 10.8. The highest BCUT2D eigenvalue weighted by atomic mass is 16.3. The van der Waals surface area contributed by atoms with Crippen molar-refractivity contribution in [2.75, 3.05) is 27.2 Å². The van der Waals surface area contributed by atoms with Crippen LogP contribution in [0.2, 0.25) is 0 Å². The van der Waals surface area contributed by atoms with Gasteiger partial charge in [0.05, 0.1) is 24.1 Å². The van der Waals surface area contributed by atoms with E-state index in [1.807, 2.05) is 0 Å². The second-order valence-electron chi connectivity index (χ2n) is 10.8. The molecule has 3 aliphatic carbocycles. The summed E-state index contributed by atoms with van der Waals surface area (Å²) in [4.78, 5) is 80.3. The average Bonchev–Trinajstić information content (AvgIpc) is 2.80. The van der Waals surface area contributed by atoms with Crippen molar-refractivity contribution >= 4 is 34.8 Å². The largest absolute Gasteiger partial charge is 0.507 e. The number of hydrogen-bond acceptors (Lipinski definition) is 10. The van der Waals surface area contributed by atoms with E-state index >= 15 is 0 Å². The number of Topliss-reactive ketones (excluding diaryl/α,β-unsaturated/α-hetero) is 5. The third-order valence-electron chi connectivity index (χ3n) is 7.96. The number of hydrogen-bond donors (Lipinski definition) is 4. The number of nitrogens with two attached hydrogens (primary N) is 1. The Morgan fingerprint density at radius 3 is 2.39 bits per heavy atom. The first kappa shape index (κ1) is 27.5. The Morgan fingerprint density at radius 1 is 1.16 bits per heavy atom. The molecular weight excluding hydrogens is 494 g/mol. The van der Waals surface area contributed by atoms with E-state index in [4.69, 9.17) is 5.73 Å². The fourth-order valence-corrected chi connectivity index (χ4v) is 6.35. The zero-order valence-corrected chi connectivity index (χ0v) is 21.4. The molecule has 2 saturated carbocycles. The molecule has 4 rings (SSSR count). The Morgan fingerprint density at radius 2 is 1.82 bits per heavy atom. The highest BCUT2D eigenvalue weighted by Crippen LogP contribution is 2.51. The summed E-state index contributed by atoms with van der Waals surface area (Å²) >= 11 is 0. The molecule has 2 unspecified atom stereocenters. The van der Waals surface area contributed by atoms with Crippen LogP contribution in [0.3, 0.4) is 0 Å². The van der Waals surface area contributed by atoms with Crippen LogP contribution in [-0.4, -0.2) is 88.8 Å². The molecule has 6 atom stereocenters. The lowest BCUT2D eigenvalue weighted by Gasteiger charge is -2.52. The summed E-state index contributed by atoms with van der Waals surface area (Å²) in [5, 5.41) is 25.1. The molecule has 0 heterocycles. The number of carbonyl (C=O) groups is 6. The zero-order chi connectivity index (χ0) is 28.3. The van der Waals surface area contributed by atoms with Gasteiger partial charge in [-0.3, -0.25) is 33.7 Å². The second kappa shape index (κ2) is 9.64. The zero-order valence-electron chi connectivity index (χ0n) is 21.4. The van der Waals surface area contributed by atoms with Gasteiger partial charge >= 0.3 is 0 Å². The molecule has 1 aromatic rings. The van der Waals surface area contributed by atoms with Crippen molar-refractivity contribution in [1.82, 2.24) is 10.2 Å². The van der Waals surface area contributed by atoms with Crippen LogP contribution >= 0.6 is 0 Å². The molecule has 11 nitrogen and oxygen atoms in total. The molecule has 0 saturated heterocycles. The van der Waals surface area contributed by atoms with Crippen LogP contribution in [0.1, 0.15) is 39.6 Å². The molecule has 38 heavy (non-hydrogen) atoms. The maximum atomic E-state index is 13.8. The summed E-state index contributed by atoms with van der Waals surface area (Å²) in [5.41, 5.74) is 3.63. The van der Waals surface area contributed by atoms with E-state index in [0.29, 0.717) is 6.54 Å². The maximum Gasteiger partial charge on any atom is 0.235 e. The lowest BCUT2D eigenvalue weighted by Crippen LogP contribution is -2.74. The number of aromatic hydroxyl groups is 1. The molecule has 3 aliphatic rings. The standard InChI is InChI=1S/C27H31N3O8/c1-11(2)9-29-10-17(32)13-5-6-16(31)19-14(13)7-12-8-15-21(30(3)4)23(34)20(26(28)37)25(36)27(15,38)24(35)18(12)22(19)33/h5-6,12,15,18,20-21,29,31,38H,1,7-10H2,2-4H3,(H2,28,37)/t12-,15-,18?,20?,21-,27-/m0/s1. The number of aliphatic hydroxyl groups is 1. The SMILES string of the molecule is C=C(C)CNCC(=O)c1ccc(O)c2c1C[C@H]1C[C@H]3[C@H](N(C)C)C(=O)C(C(N)=O)C(=O)[C@@]3(O)C(=O)C1C2=O. The third-order valence-corrected chi connectivity index (χ3v) is 7.96. The Bertz CT molecular complexity index is 1300. The fourth-order valence-electron chi connectivity index (χ4n) is 6.35. The number of likely N-dealkylation sites (N-methyl/N-ethyl adjacent to an activating group) is 1. The molecule has 202 valence electrons. The summed E-state index contributed by atoms with van der Waals surface area (Å²) in [5.74, 6) is -11.6. The van der Waals surface area contributed by atoms with Crippen molar-refractivity contribution in [3.63, 3.8) is 0 Å². The molecule has 1 aromatic carbocycles. The molecule has 0 bridgehead atoms. The van der Waals surface area contributed by atoms with Gasteiger partial charge in [0.25, 0.3) is 0 Å². The average molecular weight is 526 g/mol. The van der Waals surface area contributed by atoms with Gasteiger partial charge in [0.15, 0.2) is 40.4 Å².